The predicted molar refractivity (Wildman–Crippen MR) is 41.6 cm³/mol. The van der Waals surface area contributed by atoms with Gasteiger partial charge >= 0.3 is 0 Å². The molecule has 2 aromatic rings. The summed E-state index contributed by atoms with van der Waals surface area (Å²) in [6.45, 7) is 0.0837. The molecule has 0 amide bonds. The first-order valence-corrected chi connectivity index (χ1v) is 4.12. The Morgan fingerprint density at radius 2 is 1.93 bits per heavy atom. The highest BCUT2D eigenvalue weighted by atomic mass is 19.1. The van der Waals surface area contributed by atoms with Crippen molar-refractivity contribution in [2.45, 2.75) is 6.54 Å². The standard InChI is InChI=1S/C9H6F2N2O2/c10-7-1-6(2-8(11)3-7)4-13-5-9(14)15-12-13/h1-3,5H,4H2. The van der Waals surface area contributed by atoms with E-state index in [4.69, 9.17) is 0 Å². The maximum absolute atomic E-state index is 12.8. The molecule has 1 aromatic carbocycles. The topological polar surface area (TPSA) is 53.0 Å². The highest BCUT2D eigenvalue weighted by Crippen LogP contribution is 2.07. The average Bonchev–Trinajstić information content (AvgIpc) is 2.49. The van der Waals surface area contributed by atoms with Gasteiger partial charge in [-0.3, -0.25) is 0 Å². The van der Waals surface area contributed by atoms with Gasteiger partial charge in [0.05, 0.1) is 5.27 Å². The number of rotatable bonds is 2. The van der Waals surface area contributed by atoms with Crippen molar-refractivity contribution in [1.82, 2.24) is 5.27 Å². The molecule has 0 saturated heterocycles. The Hall–Kier alpha value is -1.98. The van der Waals surface area contributed by atoms with E-state index in [1.54, 1.807) is 0 Å². The molecule has 0 aliphatic heterocycles. The molecule has 0 unspecified atom stereocenters. The molecule has 0 N–H and O–H groups in total. The van der Waals surface area contributed by atoms with Gasteiger partial charge in [-0.25, -0.2) is 8.78 Å². The first kappa shape index (κ1) is 9.57. The zero-order chi connectivity index (χ0) is 10.8. The van der Waals surface area contributed by atoms with Crippen LogP contribution in [0, 0.1) is 11.6 Å². The van der Waals surface area contributed by atoms with Gasteiger partial charge in [-0.1, -0.05) is 4.68 Å². The zero-order valence-electron chi connectivity index (χ0n) is 7.48. The molecular weight excluding hydrogens is 206 g/mol. The molecule has 6 heteroatoms. The van der Waals surface area contributed by atoms with Gasteiger partial charge < -0.3 is 9.63 Å². The van der Waals surface area contributed by atoms with Crippen LogP contribution in [-0.4, -0.2) is 5.27 Å². The third kappa shape index (κ3) is 2.28. The number of nitrogens with zero attached hydrogens (tertiary/aromatic N) is 2. The lowest BCUT2D eigenvalue weighted by atomic mass is 10.2. The van der Waals surface area contributed by atoms with Gasteiger partial charge in [-0.05, 0) is 12.1 Å². The van der Waals surface area contributed by atoms with Gasteiger partial charge in [0.25, 0.3) is 0 Å². The van der Waals surface area contributed by atoms with Crippen molar-refractivity contribution in [3.05, 3.63) is 41.6 Å². The average molecular weight is 212 g/mol. The summed E-state index contributed by atoms with van der Waals surface area (Å²) in [5.74, 6) is -1.94. The number of halogens is 2. The Morgan fingerprint density at radius 3 is 2.47 bits per heavy atom. The van der Waals surface area contributed by atoms with Crippen LogP contribution in [-0.2, 0) is 6.54 Å². The Bertz CT molecular complexity index is 464. The molecule has 0 atom stereocenters. The first-order valence-electron chi connectivity index (χ1n) is 4.12. The minimum Gasteiger partial charge on any atom is -0.539 e. The molecule has 15 heavy (non-hydrogen) atoms. The third-order valence-corrected chi connectivity index (χ3v) is 1.76. The molecule has 2 rings (SSSR count). The van der Waals surface area contributed by atoms with Crippen LogP contribution in [0.1, 0.15) is 5.56 Å². The summed E-state index contributed by atoms with van der Waals surface area (Å²) >= 11 is 0. The van der Waals surface area contributed by atoms with E-state index in [2.05, 4.69) is 9.79 Å². The molecule has 0 aliphatic carbocycles. The summed E-state index contributed by atoms with van der Waals surface area (Å²) < 4.78 is 31.0. The summed E-state index contributed by atoms with van der Waals surface area (Å²) in [6.07, 6.45) is 1.10. The number of hydrogen-bond donors (Lipinski definition) is 0. The minimum atomic E-state index is -0.670. The second-order valence-corrected chi connectivity index (χ2v) is 3.00. The van der Waals surface area contributed by atoms with Crippen LogP contribution in [0.25, 0.3) is 0 Å². The predicted octanol–water partition coefficient (Wildman–Crippen LogP) is 0.362. The van der Waals surface area contributed by atoms with E-state index in [1.165, 1.54) is 0 Å². The van der Waals surface area contributed by atoms with E-state index in [0.29, 0.717) is 5.56 Å². The second kappa shape index (κ2) is 3.64. The number of hydrogen-bond acceptors (Lipinski definition) is 3. The fourth-order valence-corrected chi connectivity index (χ4v) is 1.23. The Labute approximate surface area is 83.3 Å². The van der Waals surface area contributed by atoms with Crippen LogP contribution >= 0.6 is 0 Å². The molecule has 0 spiro atoms. The molecule has 4 nitrogen and oxygen atoms in total. The lowest BCUT2D eigenvalue weighted by molar-refractivity contribution is -0.754. The fraction of sp³-hybridized carbons (Fsp3) is 0.111. The van der Waals surface area contributed by atoms with Crippen molar-refractivity contribution in [1.29, 1.82) is 0 Å². The van der Waals surface area contributed by atoms with Gasteiger partial charge in [0.2, 0.25) is 12.7 Å². The monoisotopic (exact) mass is 212 g/mol. The summed E-state index contributed by atoms with van der Waals surface area (Å²) in [5.41, 5.74) is 0.366. The lowest BCUT2D eigenvalue weighted by Crippen LogP contribution is -2.35. The van der Waals surface area contributed by atoms with Crippen LogP contribution in [0.4, 0.5) is 8.78 Å². The zero-order valence-corrected chi connectivity index (χ0v) is 7.48. The molecule has 0 saturated carbocycles. The van der Waals surface area contributed by atoms with Crippen molar-refractivity contribution in [2.75, 3.05) is 0 Å². The van der Waals surface area contributed by atoms with Crippen LogP contribution in [0.2, 0.25) is 0 Å². The molecule has 0 aliphatic rings. The normalized spacial score (nSPS) is 10.5. The van der Waals surface area contributed by atoms with E-state index in [-0.39, 0.29) is 6.54 Å². The number of aromatic nitrogens is 2. The van der Waals surface area contributed by atoms with E-state index in [9.17, 15) is 13.9 Å². The van der Waals surface area contributed by atoms with Crippen molar-refractivity contribution in [2.24, 2.45) is 0 Å². The van der Waals surface area contributed by atoms with Crippen LogP contribution in [0.15, 0.2) is 28.9 Å². The molecule has 0 radical (unpaired) electrons. The van der Waals surface area contributed by atoms with Crippen LogP contribution in [0.5, 0.6) is 5.95 Å². The van der Waals surface area contributed by atoms with Crippen LogP contribution < -0.4 is 9.79 Å². The molecule has 1 aromatic heterocycles. The second-order valence-electron chi connectivity index (χ2n) is 3.00. The Kier molecular flexibility index (Phi) is 2.32. The molecule has 0 fully saturated rings. The van der Waals surface area contributed by atoms with Gasteiger partial charge in [0.1, 0.15) is 17.6 Å². The highest BCUT2D eigenvalue weighted by molar-refractivity contribution is 5.16. The van der Waals surface area contributed by atoms with Crippen molar-refractivity contribution < 1.29 is 23.1 Å². The Balaban J connectivity index is 2.24. The van der Waals surface area contributed by atoms with E-state index in [1.807, 2.05) is 0 Å². The van der Waals surface area contributed by atoms with Gasteiger partial charge in [-0.2, -0.15) is 0 Å². The van der Waals surface area contributed by atoms with E-state index in [0.717, 1.165) is 29.1 Å². The summed E-state index contributed by atoms with van der Waals surface area (Å²) in [5, 5.41) is 14.0. The molecule has 0 bridgehead atoms. The third-order valence-electron chi connectivity index (χ3n) is 1.76. The molecule has 1 heterocycles. The van der Waals surface area contributed by atoms with Gasteiger partial charge in [-0.15, -0.1) is 0 Å². The molecular formula is C9H6F2N2O2. The van der Waals surface area contributed by atoms with E-state index >= 15 is 0 Å². The van der Waals surface area contributed by atoms with Gasteiger partial charge in [0, 0.05) is 11.6 Å². The molecule has 78 valence electrons. The smallest absolute Gasteiger partial charge is 0.221 e. The summed E-state index contributed by atoms with van der Waals surface area (Å²) in [6, 6.07) is 3.10. The summed E-state index contributed by atoms with van der Waals surface area (Å²) in [7, 11) is 0. The quantitative estimate of drug-likeness (QED) is 0.675. The highest BCUT2D eigenvalue weighted by Gasteiger charge is 2.08. The number of benzene rings is 1. The largest absolute Gasteiger partial charge is 0.539 e. The van der Waals surface area contributed by atoms with Crippen molar-refractivity contribution in [3.63, 3.8) is 0 Å². The fourth-order valence-electron chi connectivity index (χ4n) is 1.23. The first-order chi connectivity index (χ1) is 7.13. The van der Waals surface area contributed by atoms with Crippen molar-refractivity contribution in [3.8, 4) is 5.95 Å². The van der Waals surface area contributed by atoms with E-state index < -0.39 is 17.6 Å². The maximum Gasteiger partial charge on any atom is 0.221 e. The lowest BCUT2D eigenvalue weighted by Gasteiger charge is -1.95. The Morgan fingerprint density at radius 1 is 1.27 bits per heavy atom. The minimum absolute atomic E-state index is 0.0837. The van der Waals surface area contributed by atoms with Crippen LogP contribution in [0.3, 0.4) is 0 Å². The summed E-state index contributed by atoms with van der Waals surface area (Å²) in [4.78, 5) is 0. The maximum atomic E-state index is 12.8. The SMILES string of the molecule is [O-]c1c[n+](Cc2cc(F)cc(F)c2)no1. The van der Waals surface area contributed by atoms with Gasteiger partial charge in [0.15, 0.2) is 0 Å². The van der Waals surface area contributed by atoms with Crippen molar-refractivity contribution >= 4 is 0 Å².